The zero-order chi connectivity index (χ0) is 20.5. The van der Waals surface area contributed by atoms with Crippen molar-refractivity contribution in [1.29, 1.82) is 0 Å². The van der Waals surface area contributed by atoms with Crippen LogP contribution in [0.2, 0.25) is 0 Å². The molecule has 1 saturated carbocycles. The lowest BCUT2D eigenvalue weighted by molar-refractivity contribution is -0.131. The van der Waals surface area contributed by atoms with Gasteiger partial charge in [0.25, 0.3) is 0 Å². The molecule has 0 saturated heterocycles. The number of aromatic nitrogens is 1. The van der Waals surface area contributed by atoms with Crippen molar-refractivity contribution < 1.29 is 9.59 Å². The molecule has 0 aliphatic heterocycles. The number of rotatable bonds is 9. The number of anilines is 1. The smallest absolute Gasteiger partial charge is 0.242 e. The SMILES string of the molecule is CCN(C)[C@@H](C)C(=O)N[C@@H](CC1CCCCC1)C(=O)NCc1ccc(N)nc1. The van der Waals surface area contributed by atoms with Gasteiger partial charge >= 0.3 is 0 Å². The van der Waals surface area contributed by atoms with Crippen LogP contribution in [0.15, 0.2) is 18.3 Å². The van der Waals surface area contributed by atoms with Crippen LogP contribution in [0, 0.1) is 5.92 Å². The van der Waals surface area contributed by atoms with E-state index in [2.05, 4.69) is 15.6 Å². The highest BCUT2D eigenvalue weighted by atomic mass is 16.2. The zero-order valence-electron chi connectivity index (χ0n) is 17.4. The van der Waals surface area contributed by atoms with Crippen molar-refractivity contribution in [2.45, 2.75) is 71.0 Å². The average Bonchev–Trinajstić information content (AvgIpc) is 2.72. The Balaban J connectivity index is 1.99. The number of hydrogen-bond acceptors (Lipinski definition) is 5. The summed E-state index contributed by atoms with van der Waals surface area (Å²) in [4.78, 5) is 31.5. The molecule has 4 N–H and O–H groups in total. The van der Waals surface area contributed by atoms with E-state index in [0.29, 0.717) is 24.7 Å². The van der Waals surface area contributed by atoms with Crippen LogP contribution in [-0.4, -0.2) is 47.4 Å². The van der Waals surface area contributed by atoms with Crippen molar-refractivity contribution in [1.82, 2.24) is 20.5 Å². The molecule has 2 amide bonds. The highest BCUT2D eigenvalue weighted by Gasteiger charge is 2.28. The number of hydrogen-bond donors (Lipinski definition) is 3. The largest absolute Gasteiger partial charge is 0.384 e. The molecule has 1 aliphatic rings. The Bertz CT molecular complexity index is 628. The van der Waals surface area contributed by atoms with Gasteiger partial charge in [0.2, 0.25) is 11.8 Å². The van der Waals surface area contributed by atoms with Crippen LogP contribution in [0.5, 0.6) is 0 Å². The molecule has 0 spiro atoms. The summed E-state index contributed by atoms with van der Waals surface area (Å²) in [6, 6.07) is 2.78. The minimum absolute atomic E-state index is 0.102. The van der Waals surface area contributed by atoms with Crippen LogP contribution >= 0.6 is 0 Å². The van der Waals surface area contributed by atoms with Gasteiger partial charge in [0.15, 0.2) is 0 Å². The van der Waals surface area contributed by atoms with E-state index in [1.807, 2.05) is 31.9 Å². The van der Waals surface area contributed by atoms with E-state index in [1.54, 1.807) is 12.3 Å². The molecule has 1 aliphatic carbocycles. The summed E-state index contributed by atoms with van der Waals surface area (Å²) in [6.45, 7) is 5.02. The van der Waals surface area contributed by atoms with Gasteiger partial charge in [-0.15, -0.1) is 0 Å². The number of pyridine rings is 1. The number of nitrogens with two attached hydrogens (primary N) is 1. The third-order valence-electron chi connectivity index (χ3n) is 5.78. The van der Waals surface area contributed by atoms with Gasteiger partial charge < -0.3 is 16.4 Å². The Morgan fingerprint density at radius 1 is 1.25 bits per heavy atom. The van der Waals surface area contributed by atoms with Gasteiger partial charge in [-0.2, -0.15) is 0 Å². The molecule has 0 unspecified atom stereocenters. The second-order valence-corrected chi connectivity index (χ2v) is 7.86. The van der Waals surface area contributed by atoms with Gasteiger partial charge in [-0.3, -0.25) is 14.5 Å². The predicted octanol–water partition coefficient (Wildman–Crippen LogP) is 2.08. The zero-order valence-corrected chi connectivity index (χ0v) is 17.4. The monoisotopic (exact) mass is 389 g/mol. The summed E-state index contributed by atoms with van der Waals surface area (Å²) >= 11 is 0. The lowest BCUT2D eigenvalue weighted by Crippen LogP contribution is -2.52. The molecule has 1 fully saturated rings. The molecule has 1 heterocycles. The summed E-state index contributed by atoms with van der Waals surface area (Å²) in [7, 11) is 1.91. The molecular formula is C21H35N5O2. The molecule has 2 rings (SSSR count). The fourth-order valence-corrected chi connectivity index (χ4v) is 3.61. The minimum Gasteiger partial charge on any atom is -0.384 e. The number of nitrogens with one attached hydrogen (secondary N) is 2. The first-order valence-corrected chi connectivity index (χ1v) is 10.4. The molecule has 7 nitrogen and oxygen atoms in total. The van der Waals surface area contributed by atoms with Gasteiger partial charge in [0, 0.05) is 12.7 Å². The lowest BCUT2D eigenvalue weighted by atomic mass is 9.84. The maximum absolute atomic E-state index is 12.9. The summed E-state index contributed by atoms with van der Waals surface area (Å²) < 4.78 is 0. The second-order valence-electron chi connectivity index (χ2n) is 7.86. The first-order chi connectivity index (χ1) is 13.4. The van der Waals surface area contributed by atoms with Crippen LogP contribution in [-0.2, 0) is 16.1 Å². The fraction of sp³-hybridized carbons (Fsp3) is 0.667. The van der Waals surface area contributed by atoms with Crippen LogP contribution in [0.3, 0.4) is 0 Å². The van der Waals surface area contributed by atoms with E-state index in [0.717, 1.165) is 24.9 Å². The Morgan fingerprint density at radius 2 is 1.96 bits per heavy atom. The van der Waals surface area contributed by atoms with Gasteiger partial charge in [-0.25, -0.2) is 4.98 Å². The number of nitrogens with zero attached hydrogens (tertiary/aromatic N) is 2. The minimum atomic E-state index is -0.509. The molecular weight excluding hydrogens is 354 g/mol. The number of carbonyl (C=O) groups is 2. The van der Waals surface area contributed by atoms with Crippen molar-refractivity contribution in [3.8, 4) is 0 Å². The van der Waals surface area contributed by atoms with E-state index in [1.165, 1.54) is 19.3 Å². The molecule has 156 valence electrons. The number of amides is 2. The van der Waals surface area contributed by atoms with Crippen molar-refractivity contribution in [2.24, 2.45) is 5.92 Å². The number of carbonyl (C=O) groups excluding carboxylic acids is 2. The maximum Gasteiger partial charge on any atom is 0.242 e. The van der Waals surface area contributed by atoms with Crippen LogP contribution in [0.25, 0.3) is 0 Å². The Labute approximate surface area is 168 Å². The molecule has 7 heteroatoms. The lowest BCUT2D eigenvalue weighted by Gasteiger charge is -2.29. The molecule has 2 atom stereocenters. The number of likely N-dealkylation sites (N-methyl/N-ethyl adjacent to an activating group) is 1. The highest BCUT2D eigenvalue weighted by Crippen LogP contribution is 2.27. The molecule has 1 aromatic heterocycles. The van der Waals surface area contributed by atoms with E-state index < -0.39 is 6.04 Å². The molecule has 0 bridgehead atoms. The van der Waals surface area contributed by atoms with Crippen molar-refractivity contribution >= 4 is 17.6 Å². The number of nitrogen functional groups attached to an aromatic ring is 1. The highest BCUT2D eigenvalue weighted by molar-refractivity contribution is 5.89. The van der Waals surface area contributed by atoms with Crippen molar-refractivity contribution in [2.75, 3.05) is 19.3 Å². The van der Waals surface area contributed by atoms with Crippen LogP contribution in [0.4, 0.5) is 5.82 Å². The Morgan fingerprint density at radius 3 is 2.57 bits per heavy atom. The topological polar surface area (TPSA) is 100 Å². The second kappa shape index (κ2) is 11.0. The predicted molar refractivity (Wildman–Crippen MR) is 111 cm³/mol. The standard InChI is InChI=1S/C21H35N5O2/c1-4-26(3)15(2)20(27)25-18(12-16-8-6-5-7-9-16)21(28)24-14-17-10-11-19(22)23-13-17/h10-11,13,15-16,18H,4-9,12,14H2,1-3H3,(H2,22,23)(H,24,28)(H,25,27)/t15-,18-/m0/s1. The quantitative estimate of drug-likeness (QED) is 0.600. The van der Waals surface area contributed by atoms with Gasteiger partial charge in [-0.05, 0) is 44.5 Å². The average molecular weight is 390 g/mol. The Hall–Kier alpha value is -2.15. The summed E-state index contributed by atoms with van der Waals surface area (Å²) in [5, 5.41) is 5.94. The Kier molecular flexibility index (Phi) is 8.70. The summed E-state index contributed by atoms with van der Waals surface area (Å²) in [5.41, 5.74) is 6.48. The van der Waals surface area contributed by atoms with Crippen LogP contribution < -0.4 is 16.4 Å². The van der Waals surface area contributed by atoms with E-state index in [4.69, 9.17) is 5.73 Å². The molecule has 28 heavy (non-hydrogen) atoms. The normalized spacial score (nSPS) is 17.1. The molecule has 0 radical (unpaired) electrons. The van der Waals surface area contributed by atoms with E-state index in [9.17, 15) is 9.59 Å². The first kappa shape index (κ1) is 22.1. The van der Waals surface area contributed by atoms with Gasteiger partial charge in [0.1, 0.15) is 11.9 Å². The van der Waals surface area contributed by atoms with E-state index >= 15 is 0 Å². The maximum atomic E-state index is 12.9. The van der Waals surface area contributed by atoms with Crippen LogP contribution in [0.1, 0.15) is 57.9 Å². The summed E-state index contributed by atoms with van der Waals surface area (Å²) in [5.74, 6) is 0.699. The first-order valence-electron chi connectivity index (χ1n) is 10.4. The fourth-order valence-electron chi connectivity index (χ4n) is 3.61. The van der Waals surface area contributed by atoms with Gasteiger partial charge in [0.05, 0.1) is 6.04 Å². The molecule has 1 aromatic rings. The van der Waals surface area contributed by atoms with Crippen molar-refractivity contribution in [3.63, 3.8) is 0 Å². The molecule has 0 aromatic carbocycles. The third kappa shape index (κ3) is 6.78. The van der Waals surface area contributed by atoms with Crippen molar-refractivity contribution in [3.05, 3.63) is 23.9 Å². The van der Waals surface area contributed by atoms with E-state index in [-0.39, 0.29) is 17.9 Å². The van der Waals surface area contributed by atoms with Gasteiger partial charge in [-0.1, -0.05) is 45.1 Å². The third-order valence-corrected chi connectivity index (χ3v) is 5.78. The summed E-state index contributed by atoms with van der Waals surface area (Å²) in [6.07, 6.45) is 8.29.